The number of rotatable bonds is 8. The van der Waals surface area contributed by atoms with Gasteiger partial charge in [-0.25, -0.2) is 13.5 Å². The molecule has 0 saturated heterocycles. The maximum atomic E-state index is 14.0. The third-order valence-corrected chi connectivity index (χ3v) is 4.76. The summed E-state index contributed by atoms with van der Waals surface area (Å²) in [4.78, 5) is 1.96. The van der Waals surface area contributed by atoms with Crippen LogP contribution in [0.4, 0.5) is 8.78 Å². The van der Waals surface area contributed by atoms with E-state index in [9.17, 15) is 8.78 Å². The molecule has 0 atom stereocenters. The van der Waals surface area contributed by atoms with Crippen LogP contribution in [0, 0.1) is 16.5 Å². The molecule has 0 aliphatic carbocycles. The molecule has 3 rings (SSSR count). The van der Waals surface area contributed by atoms with Gasteiger partial charge in [-0.15, -0.1) is 5.10 Å². The summed E-state index contributed by atoms with van der Waals surface area (Å²) in [6.07, 6.45) is 0. The first kappa shape index (κ1) is 20.9. The summed E-state index contributed by atoms with van der Waals surface area (Å²) in [5.74, 6) is 0.254. The SMILES string of the molecule is CCN(Cc1c(F)cccc1F)Cn1nc(-c2ccc(OC)c(OC)c2)oc1=S. The molecule has 0 radical (unpaired) electrons. The maximum absolute atomic E-state index is 14.0. The van der Waals surface area contributed by atoms with E-state index in [0.29, 0.717) is 29.5 Å². The van der Waals surface area contributed by atoms with E-state index >= 15 is 0 Å². The molecule has 0 N–H and O–H groups in total. The van der Waals surface area contributed by atoms with Crippen molar-refractivity contribution in [1.29, 1.82) is 0 Å². The highest BCUT2D eigenvalue weighted by Crippen LogP contribution is 2.31. The zero-order valence-electron chi connectivity index (χ0n) is 16.3. The number of methoxy groups -OCH3 is 2. The lowest BCUT2D eigenvalue weighted by Gasteiger charge is -2.20. The molecule has 29 heavy (non-hydrogen) atoms. The Hall–Kier alpha value is -2.78. The quantitative estimate of drug-likeness (QED) is 0.494. The molecule has 0 amide bonds. The lowest BCUT2D eigenvalue weighted by atomic mass is 10.2. The van der Waals surface area contributed by atoms with Gasteiger partial charge in [-0.05, 0) is 49.1 Å². The molecule has 1 aromatic heterocycles. The molecule has 0 bridgehead atoms. The Morgan fingerprint density at radius 2 is 1.79 bits per heavy atom. The number of hydrogen-bond donors (Lipinski definition) is 0. The van der Waals surface area contributed by atoms with Crippen molar-refractivity contribution in [3.05, 3.63) is 58.4 Å². The molecule has 2 aromatic carbocycles. The van der Waals surface area contributed by atoms with Gasteiger partial charge in [0.25, 0.3) is 4.84 Å². The van der Waals surface area contributed by atoms with E-state index in [1.54, 1.807) is 30.2 Å². The molecule has 6 nitrogen and oxygen atoms in total. The number of benzene rings is 2. The lowest BCUT2D eigenvalue weighted by molar-refractivity contribution is 0.199. The third kappa shape index (κ3) is 4.63. The van der Waals surface area contributed by atoms with E-state index in [0.717, 1.165) is 0 Å². The standard InChI is InChI=1S/C20H21F2N3O3S/c1-4-24(11-14-15(21)6-5-7-16(14)22)12-25-20(29)28-19(23-25)13-8-9-17(26-2)18(10-13)27-3/h5-10H,4,11-12H2,1-3H3. The molecule has 0 aliphatic heterocycles. The van der Waals surface area contributed by atoms with Crippen LogP contribution in [0.3, 0.4) is 0 Å². The highest BCUT2D eigenvalue weighted by molar-refractivity contribution is 7.71. The van der Waals surface area contributed by atoms with Gasteiger partial charge >= 0.3 is 0 Å². The first-order chi connectivity index (χ1) is 14.0. The van der Waals surface area contributed by atoms with Gasteiger partial charge in [0.05, 0.1) is 20.9 Å². The van der Waals surface area contributed by atoms with Gasteiger partial charge in [-0.1, -0.05) is 13.0 Å². The zero-order chi connectivity index (χ0) is 21.0. The van der Waals surface area contributed by atoms with Crippen LogP contribution in [0.2, 0.25) is 0 Å². The van der Waals surface area contributed by atoms with E-state index in [1.807, 2.05) is 6.92 Å². The van der Waals surface area contributed by atoms with Gasteiger partial charge in [0.1, 0.15) is 11.6 Å². The van der Waals surface area contributed by atoms with Crippen LogP contribution in [-0.4, -0.2) is 35.4 Å². The van der Waals surface area contributed by atoms with E-state index < -0.39 is 11.6 Å². The predicted molar refractivity (Wildman–Crippen MR) is 106 cm³/mol. The van der Waals surface area contributed by atoms with Crippen molar-refractivity contribution >= 4 is 12.2 Å². The second-order valence-electron chi connectivity index (χ2n) is 6.23. The lowest BCUT2D eigenvalue weighted by Crippen LogP contribution is -2.27. The van der Waals surface area contributed by atoms with Gasteiger partial charge in [-0.3, -0.25) is 4.90 Å². The van der Waals surface area contributed by atoms with Crippen LogP contribution in [0.1, 0.15) is 12.5 Å². The van der Waals surface area contributed by atoms with Gasteiger partial charge < -0.3 is 13.9 Å². The van der Waals surface area contributed by atoms with Crippen molar-refractivity contribution in [2.75, 3.05) is 20.8 Å². The minimum atomic E-state index is -0.585. The number of hydrogen-bond acceptors (Lipinski definition) is 6. The molecule has 154 valence electrons. The number of nitrogens with zero attached hydrogens (tertiary/aromatic N) is 3. The van der Waals surface area contributed by atoms with Gasteiger partial charge in [-0.2, -0.15) is 0 Å². The van der Waals surface area contributed by atoms with Crippen LogP contribution in [-0.2, 0) is 13.2 Å². The Bertz CT molecular complexity index is 1030. The first-order valence-electron chi connectivity index (χ1n) is 8.92. The maximum Gasteiger partial charge on any atom is 0.288 e. The van der Waals surface area contributed by atoms with Gasteiger partial charge in [0.15, 0.2) is 11.5 Å². The molecule has 0 saturated carbocycles. The number of ether oxygens (including phenoxy) is 2. The molecule has 9 heteroatoms. The summed E-state index contributed by atoms with van der Waals surface area (Å²) < 4.78 is 45.6. The number of aromatic nitrogens is 2. The summed E-state index contributed by atoms with van der Waals surface area (Å²) in [6, 6.07) is 9.07. The average Bonchev–Trinajstić information content (AvgIpc) is 3.09. The van der Waals surface area contributed by atoms with Crippen LogP contribution in [0.25, 0.3) is 11.5 Å². The Balaban J connectivity index is 1.83. The Labute approximate surface area is 172 Å². The van der Waals surface area contributed by atoms with E-state index in [4.69, 9.17) is 26.1 Å². The van der Waals surface area contributed by atoms with Crippen molar-refractivity contribution in [3.63, 3.8) is 0 Å². The molecule has 0 aliphatic rings. The van der Waals surface area contributed by atoms with Crippen molar-refractivity contribution in [2.45, 2.75) is 20.1 Å². The Morgan fingerprint density at radius 1 is 1.10 bits per heavy atom. The fourth-order valence-electron chi connectivity index (χ4n) is 2.84. The highest BCUT2D eigenvalue weighted by atomic mass is 32.1. The average molecular weight is 421 g/mol. The second kappa shape index (κ2) is 9.15. The highest BCUT2D eigenvalue weighted by Gasteiger charge is 2.16. The molecule has 0 spiro atoms. The van der Waals surface area contributed by atoms with Crippen LogP contribution in [0.5, 0.6) is 11.5 Å². The second-order valence-corrected chi connectivity index (χ2v) is 6.58. The molecule has 0 fully saturated rings. The Kier molecular flexibility index (Phi) is 6.60. The fourth-order valence-corrected chi connectivity index (χ4v) is 3.02. The van der Waals surface area contributed by atoms with E-state index in [-0.39, 0.29) is 23.6 Å². The minimum Gasteiger partial charge on any atom is -0.493 e. The van der Waals surface area contributed by atoms with Crippen LogP contribution < -0.4 is 9.47 Å². The molecule has 0 unspecified atom stereocenters. The van der Waals surface area contributed by atoms with Crippen molar-refractivity contribution in [1.82, 2.24) is 14.7 Å². The molecule has 1 heterocycles. The van der Waals surface area contributed by atoms with Crippen LogP contribution >= 0.6 is 12.2 Å². The summed E-state index contributed by atoms with van der Waals surface area (Å²) >= 11 is 5.27. The summed E-state index contributed by atoms with van der Waals surface area (Å²) in [5.41, 5.74) is 0.667. The molecule has 3 aromatic rings. The summed E-state index contributed by atoms with van der Waals surface area (Å²) in [7, 11) is 3.09. The first-order valence-corrected chi connectivity index (χ1v) is 9.33. The predicted octanol–water partition coefficient (Wildman–Crippen LogP) is 4.65. The topological polar surface area (TPSA) is 52.7 Å². The zero-order valence-corrected chi connectivity index (χ0v) is 17.1. The van der Waals surface area contributed by atoms with Crippen molar-refractivity contribution in [3.8, 4) is 23.0 Å². The smallest absolute Gasteiger partial charge is 0.288 e. The van der Waals surface area contributed by atoms with Crippen molar-refractivity contribution < 1.29 is 22.7 Å². The van der Waals surface area contributed by atoms with E-state index in [2.05, 4.69) is 5.10 Å². The number of halogens is 2. The van der Waals surface area contributed by atoms with Crippen molar-refractivity contribution in [2.24, 2.45) is 0 Å². The Morgan fingerprint density at radius 3 is 2.41 bits per heavy atom. The fraction of sp³-hybridized carbons (Fsp3) is 0.300. The third-order valence-electron chi connectivity index (χ3n) is 4.46. The van der Waals surface area contributed by atoms with Gasteiger partial charge in [0, 0.05) is 17.7 Å². The summed E-state index contributed by atoms with van der Waals surface area (Å²) in [6.45, 7) is 2.72. The monoisotopic (exact) mass is 421 g/mol. The largest absolute Gasteiger partial charge is 0.493 e. The summed E-state index contributed by atoms with van der Waals surface area (Å²) in [5, 5.41) is 4.41. The van der Waals surface area contributed by atoms with Gasteiger partial charge in [0.2, 0.25) is 5.89 Å². The molecular weight excluding hydrogens is 400 g/mol. The normalized spacial score (nSPS) is 11.1. The minimum absolute atomic E-state index is 0.00415. The van der Waals surface area contributed by atoms with Crippen LogP contribution in [0.15, 0.2) is 40.8 Å². The van der Waals surface area contributed by atoms with E-state index in [1.165, 1.54) is 30.0 Å². The molecular formula is C20H21F2N3O3S.